The summed E-state index contributed by atoms with van der Waals surface area (Å²) >= 11 is 0. The average Bonchev–Trinajstić information content (AvgIpc) is 1.98. The fraction of sp³-hybridized carbons (Fsp3) is 1.00. The predicted octanol–water partition coefficient (Wildman–Crippen LogP) is 2.28. The Hall–Kier alpha value is -0.0400. The Balaban J connectivity index is 3.31. The minimum absolute atomic E-state index is 0.873. The highest BCUT2D eigenvalue weighted by atomic mass is 14.8. The van der Waals surface area contributed by atoms with Gasteiger partial charge in [0.1, 0.15) is 0 Å². The molecule has 0 amide bonds. The molecule has 0 bridgehead atoms. The highest BCUT2D eigenvalue weighted by Crippen LogP contribution is 2.16. The summed E-state index contributed by atoms with van der Waals surface area (Å²) in [7, 11) is 2.02. The molecule has 0 radical (unpaired) electrons. The molecule has 0 aliphatic heterocycles. The van der Waals surface area contributed by atoms with Crippen LogP contribution < -0.4 is 5.32 Å². The van der Waals surface area contributed by atoms with E-state index in [1.807, 2.05) is 7.05 Å². The lowest BCUT2D eigenvalue weighted by atomic mass is 9.91. The largest absolute Gasteiger partial charge is 0.320 e. The van der Waals surface area contributed by atoms with Crippen molar-refractivity contribution in [1.82, 2.24) is 5.32 Å². The Labute approximate surface area is 65.2 Å². The zero-order valence-corrected chi connectivity index (χ0v) is 7.78. The molecule has 1 nitrogen and oxygen atoms in total. The van der Waals surface area contributed by atoms with Gasteiger partial charge in [-0.05, 0) is 31.8 Å². The molecular formula is C9H21N. The molecule has 0 saturated heterocycles. The molecular weight excluding hydrogens is 122 g/mol. The number of hydrogen-bond donors (Lipinski definition) is 1. The van der Waals surface area contributed by atoms with E-state index >= 15 is 0 Å². The van der Waals surface area contributed by atoms with Gasteiger partial charge in [0, 0.05) is 0 Å². The van der Waals surface area contributed by atoms with Gasteiger partial charge in [0.05, 0.1) is 0 Å². The summed E-state index contributed by atoms with van der Waals surface area (Å²) in [4.78, 5) is 0. The molecule has 10 heavy (non-hydrogen) atoms. The Kier molecular flexibility index (Phi) is 5.70. The lowest BCUT2D eigenvalue weighted by molar-refractivity contribution is 0.352. The number of hydrogen-bond acceptors (Lipinski definition) is 1. The summed E-state index contributed by atoms with van der Waals surface area (Å²) in [6.07, 6.45) is 2.62. The normalized spacial score (nSPS) is 16.8. The molecule has 0 heterocycles. The lowest BCUT2D eigenvalue weighted by Gasteiger charge is -2.17. The van der Waals surface area contributed by atoms with Gasteiger partial charge < -0.3 is 5.32 Å². The van der Waals surface area contributed by atoms with Crippen molar-refractivity contribution in [1.29, 1.82) is 0 Å². The van der Waals surface area contributed by atoms with Gasteiger partial charge in [-0.1, -0.05) is 27.2 Å². The van der Waals surface area contributed by atoms with Gasteiger partial charge in [0.15, 0.2) is 0 Å². The second-order valence-electron chi connectivity index (χ2n) is 3.26. The maximum absolute atomic E-state index is 3.18. The minimum atomic E-state index is 0.873. The average molecular weight is 143 g/mol. The van der Waals surface area contributed by atoms with Gasteiger partial charge in [-0.25, -0.2) is 0 Å². The molecule has 2 atom stereocenters. The summed E-state index contributed by atoms with van der Waals surface area (Å²) in [6, 6.07) is 0. The Morgan fingerprint density at radius 1 is 1.20 bits per heavy atom. The Bertz CT molecular complexity index is 71.1. The van der Waals surface area contributed by atoms with Crippen LogP contribution in [0.4, 0.5) is 0 Å². The third-order valence-electron chi connectivity index (χ3n) is 2.47. The summed E-state index contributed by atoms with van der Waals surface area (Å²) in [5, 5.41) is 3.18. The van der Waals surface area contributed by atoms with Crippen molar-refractivity contribution in [2.75, 3.05) is 13.6 Å². The van der Waals surface area contributed by atoms with Gasteiger partial charge in [-0.3, -0.25) is 0 Å². The first-order valence-electron chi connectivity index (χ1n) is 4.37. The van der Waals surface area contributed by atoms with E-state index in [4.69, 9.17) is 0 Å². The second-order valence-corrected chi connectivity index (χ2v) is 3.26. The monoisotopic (exact) mass is 143 g/mol. The smallest absolute Gasteiger partial charge is 0.00493 e. The molecule has 0 aromatic rings. The van der Waals surface area contributed by atoms with Crippen molar-refractivity contribution in [2.45, 2.75) is 33.6 Å². The van der Waals surface area contributed by atoms with E-state index < -0.39 is 0 Å². The quantitative estimate of drug-likeness (QED) is 0.622. The topological polar surface area (TPSA) is 12.0 Å². The second kappa shape index (κ2) is 5.72. The zero-order chi connectivity index (χ0) is 7.98. The van der Waals surface area contributed by atoms with E-state index in [2.05, 4.69) is 26.1 Å². The van der Waals surface area contributed by atoms with Crippen molar-refractivity contribution in [3.8, 4) is 0 Å². The standard InChI is InChI=1S/C9H21N/c1-5-8(2)9(3)6-7-10-4/h8-10H,5-7H2,1-4H3/t8-,9?/m0/s1. The molecule has 0 rings (SSSR count). The molecule has 0 fully saturated rings. The molecule has 1 heteroatoms. The van der Waals surface area contributed by atoms with E-state index in [1.165, 1.54) is 12.8 Å². The van der Waals surface area contributed by atoms with Crippen LogP contribution in [0.5, 0.6) is 0 Å². The van der Waals surface area contributed by atoms with Crippen LogP contribution >= 0.6 is 0 Å². The fourth-order valence-corrected chi connectivity index (χ4v) is 1.06. The molecule has 0 aliphatic carbocycles. The highest BCUT2D eigenvalue weighted by molar-refractivity contribution is 4.60. The zero-order valence-electron chi connectivity index (χ0n) is 7.78. The third-order valence-corrected chi connectivity index (χ3v) is 2.47. The van der Waals surface area contributed by atoms with Crippen molar-refractivity contribution in [3.63, 3.8) is 0 Å². The van der Waals surface area contributed by atoms with Crippen molar-refractivity contribution >= 4 is 0 Å². The van der Waals surface area contributed by atoms with Gasteiger partial charge in [-0.2, -0.15) is 0 Å². The molecule has 0 saturated carbocycles. The molecule has 0 aromatic carbocycles. The van der Waals surface area contributed by atoms with E-state index in [1.54, 1.807) is 0 Å². The van der Waals surface area contributed by atoms with Crippen LogP contribution in [-0.2, 0) is 0 Å². The van der Waals surface area contributed by atoms with E-state index in [-0.39, 0.29) is 0 Å². The van der Waals surface area contributed by atoms with Crippen molar-refractivity contribution < 1.29 is 0 Å². The van der Waals surface area contributed by atoms with Gasteiger partial charge in [0.25, 0.3) is 0 Å². The Morgan fingerprint density at radius 2 is 1.80 bits per heavy atom. The summed E-state index contributed by atoms with van der Waals surface area (Å²) in [6.45, 7) is 8.10. The number of nitrogens with one attached hydrogen (secondary N) is 1. The fourth-order valence-electron chi connectivity index (χ4n) is 1.06. The predicted molar refractivity (Wildman–Crippen MR) is 47.2 cm³/mol. The van der Waals surface area contributed by atoms with Crippen molar-refractivity contribution in [2.24, 2.45) is 11.8 Å². The molecule has 1 N–H and O–H groups in total. The molecule has 62 valence electrons. The van der Waals surface area contributed by atoms with Crippen LogP contribution in [0, 0.1) is 11.8 Å². The van der Waals surface area contributed by atoms with E-state index in [0.29, 0.717) is 0 Å². The maximum Gasteiger partial charge on any atom is -0.00493 e. The van der Waals surface area contributed by atoms with Crippen LogP contribution in [0.2, 0.25) is 0 Å². The van der Waals surface area contributed by atoms with E-state index in [0.717, 1.165) is 18.4 Å². The summed E-state index contributed by atoms with van der Waals surface area (Å²) < 4.78 is 0. The first kappa shape index (κ1) is 9.96. The van der Waals surface area contributed by atoms with Crippen LogP contribution in [0.15, 0.2) is 0 Å². The number of rotatable bonds is 5. The molecule has 0 aromatic heterocycles. The van der Waals surface area contributed by atoms with Crippen LogP contribution in [0.3, 0.4) is 0 Å². The summed E-state index contributed by atoms with van der Waals surface area (Å²) in [5.74, 6) is 1.76. The van der Waals surface area contributed by atoms with Crippen molar-refractivity contribution in [3.05, 3.63) is 0 Å². The first-order valence-corrected chi connectivity index (χ1v) is 4.37. The van der Waals surface area contributed by atoms with Crippen LogP contribution in [0.25, 0.3) is 0 Å². The molecule has 0 spiro atoms. The maximum atomic E-state index is 3.18. The van der Waals surface area contributed by atoms with Gasteiger partial charge in [-0.15, -0.1) is 0 Å². The highest BCUT2D eigenvalue weighted by Gasteiger charge is 2.08. The first-order chi connectivity index (χ1) is 4.72. The van der Waals surface area contributed by atoms with Gasteiger partial charge in [0.2, 0.25) is 0 Å². The third kappa shape index (κ3) is 3.89. The van der Waals surface area contributed by atoms with Gasteiger partial charge >= 0.3 is 0 Å². The SMILES string of the molecule is CC[C@H](C)C(C)CCNC. The summed E-state index contributed by atoms with van der Waals surface area (Å²) in [5.41, 5.74) is 0. The van der Waals surface area contributed by atoms with E-state index in [9.17, 15) is 0 Å². The lowest BCUT2D eigenvalue weighted by Crippen LogP contribution is -2.15. The Morgan fingerprint density at radius 3 is 2.20 bits per heavy atom. The molecule has 1 unspecified atom stereocenters. The molecule has 0 aliphatic rings. The van der Waals surface area contributed by atoms with Crippen LogP contribution in [0.1, 0.15) is 33.6 Å². The minimum Gasteiger partial charge on any atom is -0.320 e. The van der Waals surface area contributed by atoms with Crippen LogP contribution in [-0.4, -0.2) is 13.6 Å².